The van der Waals surface area contributed by atoms with Crippen LogP contribution < -0.4 is 0 Å². The summed E-state index contributed by atoms with van der Waals surface area (Å²) in [4.78, 5) is 10.7. The molecule has 2 nitrogen and oxygen atoms in total. The number of allylic oxidation sites excluding steroid dienone is 1. The Bertz CT molecular complexity index is 192. The number of carboxylic acids is 1. The van der Waals surface area contributed by atoms with E-state index in [4.69, 9.17) is 5.11 Å². The van der Waals surface area contributed by atoms with Crippen LogP contribution in [-0.2, 0) is 4.79 Å². The van der Waals surface area contributed by atoms with Crippen molar-refractivity contribution in [1.82, 2.24) is 0 Å². The first-order valence-corrected chi connectivity index (χ1v) is 4.47. The van der Waals surface area contributed by atoms with E-state index in [0.717, 1.165) is 18.4 Å². The van der Waals surface area contributed by atoms with Crippen LogP contribution in [0.25, 0.3) is 0 Å². The maximum Gasteiger partial charge on any atom is 0.331 e. The molecule has 0 aromatic carbocycles. The van der Waals surface area contributed by atoms with Gasteiger partial charge in [-0.15, -0.1) is 0 Å². The van der Waals surface area contributed by atoms with Crippen LogP contribution in [0.3, 0.4) is 0 Å². The maximum atomic E-state index is 10.7. The van der Waals surface area contributed by atoms with Crippen molar-refractivity contribution >= 4 is 5.97 Å². The number of carbonyl (C=O) groups is 1. The first kappa shape index (κ1) is 11.2. The fourth-order valence-corrected chi connectivity index (χ4v) is 1.37. The Morgan fingerprint density at radius 2 is 1.92 bits per heavy atom. The third-order valence-electron chi connectivity index (χ3n) is 2.39. The summed E-state index contributed by atoms with van der Waals surface area (Å²) < 4.78 is 0. The predicted molar refractivity (Wildman–Crippen MR) is 50.1 cm³/mol. The standard InChI is InChI=1S/C10H18O2/c1-5-7(3)9(6-2)8(4)10(11)12/h7H,5-6H2,1-4H3,(H,11,12). The molecule has 0 radical (unpaired) electrons. The van der Waals surface area contributed by atoms with E-state index in [1.165, 1.54) is 0 Å². The van der Waals surface area contributed by atoms with E-state index in [1.807, 2.05) is 6.92 Å². The largest absolute Gasteiger partial charge is 0.478 e. The maximum absolute atomic E-state index is 10.7. The topological polar surface area (TPSA) is 37.3 Å². The van der Waals surface area contributed by atoms with E-state index in [0.29, 0.717) is 11.5 Å². The second-order valence-corrected chi connectivity index (χ2v) is 3.12. The van der Waals surface area contributed by atoms with Crippen molar-refractivity contribution in [2.75, 3.05) is 0 Å². The molecule has 12 heavy (non-hydrogen) atoms. The van der Waals surface area contributed by atoms with Gasteiger partial charge in [-0.3, -0.25) is 0 Å². The van der Waals surface area contributed by atoms with Crippen LogP contribution in [0.4, 0.5) is 0 Å². The highest BCUT2D eigenvalue weighted by Gasteiger charge is 2.12. The lowest BCUT2D eigenvalue weighted by Gasteiger charge is -2.13. The molecule has 0 aromatic rings. The van der Waals surface area contributed by atoms with Crippen molar-refractivity contribution in [3.05, 3.63) is 11.1 Å². The van der Waals surface area contributed by atoms with Gasteiger partial charge in [0.25, 0.3) is 0 Å². The van der Waals surface area contributed by atoms with Gasteiger partial charge in [-0.1, -0.05) is 26.3 Å². The first-order valence-electron chi connectivity index (χ1n) is 4.47. The molecule has 0 aliphatic heterocycles. The summed E-state index contributed by atoms with van der Waals surface area (Å²) in [6.07, 6.45) is 1.85. The van der Waals surface area contributed by atoms with Crippen LogP contribution in [-0.4, -0.2) is 11.1 Å². The van der Waals surface area contributed by atoms with E-state index in [-0.39, 0.29) is 0 Å². The van der Waals surface area contributed by atoms with Gasteiger partial charge in [0.05, 0.1) is 0 Å². The Balaban J connectivity index is 4.72. The van der Waals surface area contributed by atoms with Gasteiger partial charge in [-0.05, 0) is 25.7 Å². The summed E-state index contributed by atoms with van der Waals surface area (Å²) in [5.74, 6) is -0.391. The highest BCUT2D eigenvalue weighted by atomic mass is 16.4. The Morgan fingerprint density at radius 3 is 2.17 bits per heavy atom. The lowest BCUT2D eigenvalue weighted by molar-refractivity contribution is -0.132. The number of rotatable bonds is 4. The molecule has 70 valence electrons. The fraction of sp³-hybridized carbons (Fsp3) is 0.700. The zero-order valence-electron chi connectivity index (χ0n) is 8.35. The van der Waals surface area contributed by atoms with E-state index in [2.05, 4.69) is 13.8 Å². The molecule has 0 bridgehead atoms. The Labute approximate surface area is 74.3 Å². The van der Waals surface area contributed by atoms with Crippen molar-refractivity contribution in [3.8, 4) is 0 Å². The monoisotopic (exact) mass is 170 g/mol. The minimum Gasteiger partial charge on any atom is -0.478 e. The lowest BCUT2D eigenvalue weighted by Crippen LogP contribution is -2.06. The molecule has 1 N–H and O–H groups in total. The van der Waals surface area contributed by atoms with Crippen LogP contribution in [0.2, 0.25) is 0 Å². The third-order valence-corrected chi connectivity index (χ3v) is 2.39. The minimum atomic E-state index is -0.785. The highest BCUT2D eigenvalue weighted by molar-refractivity contribution is 5.86. The second-order valence-electron chi connectivity index (χ2n) is 3.12. The van der Waals surface area contributed by atoms with E-state index in [1.54, 1.807) is 6.92 Å². The number of carboxylic acid groups (broad SMARTS) is 1. The van der Waals surface area contributed by atoms with Gasteiger partial charge < -0.3 is 5.11 Å². The molecule has 1 atom stereocenters. The summed E-state index contributed by atoms with van der Waals surface area (Å²) in [6, 6.07) is 0. The molecule has 0 rings (SSSR count). The van der Waals surface area contributed by atoms with E-state index in [9.17, 15) is 4.79 Å². The molecule has 0 saturated heterocycles. The molecule has 0 heterocycles. The highest BCUT2D eigenvalue weighted by Crippen LogP contribution is 2.21. The quantitative estimate of drug-likeness (QED) is 0.659. The number of hydrogen-bond acceptors (Lipinski definition) is 1. The summed E-state index contributed by atoms with van der Waals surface area (Å²) in [5, 5.41) is 8.77. The van der Waals surface area contributed by atoms with Crippen molar-refractivity contribution < 1.29 is 9.90 Å². The van der Waals surface area contributed by atoms with Crippen LogP contribution in [0.5, 0.6) is 0 Å². The van der Waals surface area contributed by atoms with E-state index >= 15 is 0 Å². The molecular formula is C10H18O2. The Morgan fingerprint density at radius 1 is 1.42 bits per heavy atom. The minimum absolute atomic E-state index is 0.395. The predicted octanol–water partition coefficient (Wildman–Crippen LogP) is 2.84. The lowest BCUT2D eigenvalue weighted by atomic mass is 9.92. The SMILES string of the molecule is CCC(=C(C)C(=O)O)C(C)CC. The van der Waals surface area contributed by atoms with Crippen molar-refractivity contribution in [3.63, 3.8) is 0 Å². The van der Waals surface area contributed by atoms with Crippen molar-refractivity contribution in [2.24, 2.45) is 5.92 Å². The van der Waals surface area contributed by atoms with Gasteiger partial charge in [-0.25, -0.2) is 4.79 Å². The van der Waals surface area contributed by atoms with Crippen LogP contribution in [0.1, 0.15) is 40.5 Å². The van der Waals surface area contributed by atoms with Gasteiger partial charge in [0.1, 0.15) is 0 Å². The fourth-order valence-electron chi connectivity index (χ4n) is 1.37. The molecule has 2 heteroatoms. The van der Waals surface area contributed by atoms with Crippen LogP contribution >= 0.6 is 0 Å². The second kappa shape index (κ2) is 4.96. The Kier molecular flexibility index (Phi) is 4.64. The first-order chi connectivity index (χ1) is 5.54. The molecular weight excluding hydrogens is 152 g/mol. The number of aliphatic carboxylic acids is 1. The van der Waals surface area contributed by atoms with Gasteiger partial charge in [0.15, 0.2) is 0 Å². The molecule has 0 amide bonds. The third kappa shape index (κ3) is 2.68. The average Bonchev–Trinajstić information content (AvgIpc) is 2.05. The smallest absolute Gasteiger partial charge is 0.331 e. The van der Waals surface area contributed by atoms with Gasteiger partial charge >= 0.3 is 5.97 Å². The Hall–Kier alpha value is -0.790. The molecule has 0 aliphatic carbocycles. The van der Waals surface area contributed by atoms with Crippen LogP contribution in [0, 0.1) is 5.92 Å². The summed E-state index contributed by atoms with van der Waals surface area (Å²) >= 11 is 0. The van der Waals surface area contributed by atoms with Crippen molar-refractivity contribution in [1.29, 1.82) is 0 Å². The molecule has 0 spiro atoms. The molecule has 1 unspecified atom stereocenters. The average molecular weight is 170 g/mol. The van der Waals surface area contributed by atoms with Crippen LogP contribution in [0.15, 0.2) is 11.1 Å². The summed E-state index contributed by atoms with van der Waals surface area (Å²) in [7, 11) is 0. The van der Waals surface area contributed by atoms with Gasteiger partial charge in [0, 0.05) is 5.57 Å². The molecule has 0 fully saturated rings. The number of hydrogen-bond donors (Lipinski definition) is 1. The van der Waals surface area contributed by atoms with Crippen molar-refractivity contribution in [2.45, 2.75) is 40.5 Å². The molecule has 0 saturated carbocycles. The summed E-state index contributed by atoms with van der Waals surface area (Å²) in [5.41, 5.74) is 1.59. The molecule has 0 aliphatic rings. The van der Waals surface area contributed by atoms with Gasteiger partial charge in [-0.2, -0.15) is 0 Å². The normalized spacial score (nSPS) is 15.3. The van der Waals surface area contributed by atoms with E-state index < -0.39 is 5.97 Å². The molecule has 0 aromatic heterocycles. The zero-order chi connectivity index (χ0) is 9.72. The van der Waals surface area contributed by atoms with Gasteiger partial charge in [0.2, 0.25) is 0 Å². The zero-order valence-corrected chi connectivity index (χ0v) is 8.35. The summed E-state index contributed by atoms with van der Waals surface area (Å²) in [6.45, 7) is 7.85.